The van der Waals surface area contributed by atoms with E-state index in [0.717, 1.165) is 0 Å². The minimum absolute atomic E-state index is 1.40. The van der Waals surface area contributed by atoms with Crippen molar-refractivity contribution in [1.82, 2.24) is 0 Å². The van der Waals surface area contributed by atoms with E-state index in [-0.39, 0.29) is 0 Å². The Morgan fingerprint density at radius 3 is 1.00 bits per heavy atom. The summed E-state index contributed by atoms with van der Waals surface area (Å²) in [4.78, 5) is 19.9. The number of hydrogen-bond acceptors (Lipinski definition) is 3. The number of aryl methyl sites for hydroxylation is 4. The highest BCUT2D eigenvalue weighted by Gasteiger charge is 1.85. The molecule has 2 heterocycles. The standard InChI is InChI=1S/2C6H8S.H3O3P/c2*1-5-3-4-6(2)7-5;1-4(2)3/h2*3-4H,1-2H3;4H,(H2,1,2,3). The van der Waals surface area contributed by atoms with Crippen molar-refractivity contribution in [2.24, 2.45) is 0 Å². The van der Waals surface area contributed by atoms with Crippen LogP contribution in [-0.2, 0) is 4.57 Å². The summed E-state index contributed by atoms with van der Waals surface area (Å²) < 4.78 is 8.74. The molecule has 0 saturated carbocycles. The van der Waals surface area contributed by atoms with Crippen molar-refractivity contribution in [3.05, 3.63) is 43.8 Å². The molecule has 102 valence electrons. The van der Waals surface area contributed by atoms with Crippen LogP contribution in [0.3, 0.4) is 0 Å². The lowest BCUT2D eigenvalue weighted by molar-refractivity contribution is 0.405. The van der Waals surface area contributed by atoms with E-state index in [1.807, 2.05) is 22.7 Å². The Morgan fingerprint density at radius 2 is 0.944 bits per heavy atom. The van der Waals surface area contributed by atoms with Crippen molar-refractivity contribution in [1.29, 1.82) is 0 Å². The summed E-state index contributed by atoms with van der Waals surface area (Å²) >= 11 is 3.69. The van der Waals surface area contributed by atoms with Crippen molar-refractivity contribution in [2.75, 3.05) is 0 Å². The van der Waals surface area contributed by atoms with Gasteiger partial charge in [-0.2, -0.15) is 0 Å². The molecular weight excluding hydrogens is 287 g/mol. The van der Waals surface area contributed by atoms with E-state index in [9.17, 15) is 0 Å². The molecule has 6 heteroatoms. The van der Waals surface area contributed by atoms with Crippen LogP contribution < -0.4 is 0 Å². The van der Waals surface area contributed by atoms with Gasteiger partial charge in [-0.1, -0.05) is 0 Å². The van der Waals surface area contributed by atoms with Crippen molar-refractivity contribution in [3.8, 4) is 0 Å². The minimum atomic E-state index is -3.13. The molecule has 0 aliphatic carbocycles. The normalized spacial score (nSPS) is 9.28. The summed E-state index contributed by atoms with van der Waals surface area (Å²) in [7, 11) is -3.13. The third-order valence-electron chi connectivity index (χ3n) is 1.75. The predicted molar refractivity (Wildman–Crippen MR) is 81.0 cm³/mol. The Kier molecular flexibility index (Phi) is 9.24. The molecule has 0 atom stereocenters. The van der Waals surface area contributed by atoms with Gasteiger partial charge in [0, 0.05) is 19.5 Å². The lowest BCUT2D eigenvalue weighted by atomic mass is 10.5. The molecule has 2 aromatic heterocycles. The van der Waals surface area contributed by atoms with E-state index in [4.69, 9.17) is 14.4 Å². The van der Waals surface area contributed by atoms with Crippen LogP contribution >= 0.6 is 30.9 Å². The fourth-order valence-corrected chi connectivity index (χ4v) is 2.67. The molecule has 0 unspecified atom stereocenters. The molecule has 0 bridgehead atoms. The average Bonchev–Trinajstić information content (AvgIpc) is 2.76. The van der Waals surface area contributed by atoms with Gasteiger partial charge in [0.25, 0.3) is 0 Å². The summed E-state index contributed by atoms with van der Waals surface area (Å²) in [5.41, 5.74) is 0. The maximum Gasteiger partial charge on any atom is 0.314 e. The smallest absolute Gasteiger partial charge is 0.314 e. The van der Waals surface area contributed by atoms with Gasteiger partial charge in [0.2, 0.25) is 0 Å². The molecule has 0 aliphatic heterocycles. The lowest BCUT2D eigenvalue weighted by Gasteiger charge is -1.71. The maximum atomic E-state index is 8.74. The highest BCUT2D eigenvalue weighted by atomic mass is 32.1. The lowest BCUT2D eigenvalue weighted by Crippen LogP contribution is -1.44. The van der Waals surface area contributed by atoms with E-state index in [0.29, 0.717) is 0 Å². The molecule has 0 aliphatic rings. The molecule has 2 aromatic rings. The molecule has 0 saturated heterocycles. The minimum Gasteiger partial charge on any atom is -0.326 e. The first-order valence-corrected chi connectivity index (χ1v) is 8.22. The quantitative estimate of drug-likeness (QED) is 0.721. The largest absolute Gasteiger partial charge is 0.326 e. The summed E-state index contributed by atoms with van der Waals surface area (Å²) in [5.74, 6) is 0. The molecule has 0 radical (unpaired) electrons. The summed E-state index contributed by atoms with van der Waals surface area (Å²) in [6, 6.07) is 8.56. The maximum absolute atomic E-state index is 8.74. The highest BCUT2D eigenvalue weighted by Crippen LogP contribution is 2.12. The van der Waals surface area contributed by atoms with Crippen molar-refractivity contribution < 1.29 is 14.4 Å². The van der Waals surface area contributed by atoms with Gasteiger partial charge in [-0.15, -0.1) is 22.7 Å². The van der Waals surface area contributed by atoms with Gasteiger partial charge >= 0.3 is 8.25 Å². The summed E-state index contributed by atoms with van der Waals surface area (Å²) in [6.07, 6.45) is 0. The molecule has 18 heavy (non-hydrogen) atoms. The van der Waals surface area contributed by atoms with E-state index in [1.54, 1.807) is 0 Å². The Morgan fingerprint density at radius 1 is 0.778 bits per heavy atom. The van der Waals surface area contributed by atoms with Crippen LogP contribution in [0.15, 0.2) is 24.3 Å². The summed E-state index contributed by atoms with van der Waals surface area (Å²) in [6.45, 7) is 8.49. The number of hydrogen-bond donors (Lipinski definition) is 2. The van der Waals surface area contributed by atoms with Crippen molar-refractivity contribution in [2.45, 2.75) is 27.7 Å². The second kappa shape index (κ2) is 9.48. The predicted octanol–water partition coefficient (Wildman–Crippen LogP) is 4.09. The first-order valence-electron chi connectivity index (χ1n) is 5.29. The van der Waals surface area contributed by atoms with Gasteiger partial charge < -0.3 is 9.79 Å². The SMILES string of the molecule is Cc1ccc(C)s1.Cc1ccc(C)s1.O=[PH](O)O. The molecule has 2 N–H and O–H groups in total. The van der Waals surface area contributed by atoms with Crippen molar-refractivity contribution >= 4 is 30.9 Å². The molecule has 3 nitrogen and oxygen atoms in total. The first kappa shape index (κ1) is 17.6. The van der Waals surface area contributed by atoms with E-state index >= 15 is 0 Å². The van der Waals surface area contributed by atoms with Crippen LogP contribution in [0.1, 0.15) is 19.5 Å². The summed E-state index contributed by atoms with van der Waals surface area (Å²) in [5, 5.41) is 0. The molecule has 0 spiro atoms. The molecule has 2 rings (SSSR count). The van der Waals surface area contributed by atoms with Crippen LogP contribution in [-0.4, -0.2) is 9.79 Å². The monoisotopic (exact) mass is 306 g/mol. The van der Waals surface area contributed by atoms with Crippen LogP contribution in [0.4, 0.5) is 0 Å². The van der Waals surface area contributed by atoms with Gasteiger partial charge in [-0.25, -0.2) is 0 Å². The van der Waals surface area contributed by atoms with Crippen LogP contribution in [0, 0.1) is 27.7 Å². The van der Waals surface area contributed by atoms with E-state index in [1.165, 1.54) is 19.5 Å². The Bertz CT molecular complexity index is 402. The third-order valence-corrected chi connectivity index (χ3v) is 3.58. The molecular formula is C12H19O3PS2. The first-order chi connectivity index (χ1) is 8.31. The van der Waals surface area contributed by atoms with Crippen LogP contribution in [0.2, 0.25) is 0 Å². The Balaban J connectivity index is 0.000000253. The van der Waals surface area contributed by atoms with Crippen LogP contribution in [0.5, 0.6) is 0 Å². The van der Waals surface area contributed by atoms with E-state index < -0.39 is 8.25 Å². The average molecular weight is 306 g/mol. The van der Waals surface area contributed by atoms with Gasteiger partial charge in [-0.05, 0) is 52.0 Å². The third kappa shape index (κ3) is 10.7. The fourth-order valence-electron chi connectivity index (χ4n) is 1.11. The van der Waals surface area contributed by atoms with E-state index in [2.05, 4.69) is 52.0 Å². The Labute approximate surface area is 117 Å². The molecule has 0 fully saturated rings. The van der Waals surface area contributed by atoms with Gasteiger partial charge in [0.15, 0.2) is 0 Å². The zero-order valence-electron chi connectivity index (χ0n) is 10.9. The number of rotatable bonds is 0. The zero-order valence-corrected chi connectivity index (χ0v) is 13.6. The topological polar surface area (TPSA) is 57.5 Å². The fraction of sp³-hybridized carbons (Fsp3) is 0.333. The highest BCUT2D eigenvalue weighted by molar-refractivity contribution is 7.30. The van der Waals surface area contributed by atoms with Gasteiger partial charge in [0.05, 0.1) is 0 Å². The van der Waals surface area contributed by atoms with Crippen LogP contribution in [0.25, 0.3) is 0 Å². The Hall–Kier alpha value is -0.450. The van der Waals surface area contributed by atoms with Gasteiger partial charge in [-0.3, -0.25) is 4.57 Å². The second-order valence-electron chi connectivity index (χ2n) is 3.60. The number of thiophene rings is 2. The second-order valence-corrected chi connectivity index (χ2v) is 7.15. The zero-order chi connectivity index (χ0) is 14.1. The molecule has 0 amide bonds. The van der Waals surface area contributed by atoms with Crippen molar-refractivity contribution in [3.63, 3.8) is 0 Å². The molecule has 0 aromatic carbocycles. The van der Waals surface area contributed by atoms with Gasteiger partial charge in [0.1, 0.15) is 0 Å².